The average Bonchev–Trinajstić information content (AvgIpc) is 3.58. The van der Waals surface area contributed by atoms with Gasteiger partial charge in [-0.2, -0.15) is 5.10 Å². The number of nitrogens with zero attached hydrogens (tertiary/aromatic N) is 4. The number of nitrogens with one attached hydrogen (secondary N) is 2. The minimum Gasteiger partial charge on any atom is -0.489 e. The molecule has 7 nitrogen and oxygen atoms in total. The van der Waals surface area contributed by atoms with E-state index in [1.807, 2.05) is 18.6 Å². The first kappa shape index (κ1) is 22.3. The normalized spacial score (nSPS) is 17.0. The largest absolute Gasteiger partial charge is 0.489 e. The molecule has 37 heavy (non-hydrogen) atoms. The van der Waals surface area contributed by atoms with Gasteiger partial charge in [0.15, 0.2) is 0 Å². The molecule has 0 bridgehead atoms. The molecule has 2 N–H and O–H groups in total. The summed E-state index contributed by atoms with van der Waals surface area (Å²) in [5.41, 5.74) is 7.19. The second-order valence-electron chi connectivity index (χ2n) is 10.4. The Balaban J connectivity index is 1.23. The number of hydrogen-bond donors (Lipinski definition) is 2. The predicted octanol–water partition coefficient (Wildman–Crippen LogP) is 6.87. The Morgan fingerprint density at radius 2 is 1.70 bits per heavy atom. The summed E-state index contributed by atoms with van der Waals surface area (Å²) in [4.78, 5) is 15.1. The Morgan fingerprint density at radius 1 is 0.838 bits per heavy atom. The predicted molar refractivity (Wildman–Crippen MR) is 148 cm³/mol. The monoisotopic (exact) mass is 492 g/mol. The van der Waals surface area contributed by atoms with Crippen molar-refractivity contribution in [2.75, 3.05) is 18.0 Å². The molecule has 5 heterocycles. The fourth-order valence-corrected chi connectivity index (χ4v) is 5.97. The van der Waals surface area contributed by atoms with Gasteiger partial charge in [0.2, 0.25) is 0 Å². The van der Waals surface area contributed by atoms with Gasteiger partial charge in [0.25, 0.3) is 0 Å². The highest BCUT2D eigenvalue weighted by atomic mass is 16.5. The number of piperidine rings is 1. The van der Waals surface area contributed by atoms with E-state index < -0.39 is 0 Å². The molecule has 188 valence electrons. The lowest BCUT2D eigenvalue weighted by Crippen LogP contribution is -2.29. The van der Waals surface area contributed by atoms with Crippen LogP contribution >= 0.6 is 0 Å². The lowest BCUT2D eigenvalue weighted by atomic mass is 9.98. The van der Waals surface area contributed by atoms with Crippen molar-refractivity contribution in [2.24, 2.45) is 0 Å². The van der Waals surface area contributed by atoms with Crippen molar-refractivity contribution < 1.29 is 4.74 Å². The van der Waals surface area contributed by atoms with Gasteiger partial charge in [-0.25, -0.2) is 4.98 Å². The van der Waals surface area contributed by atoms with Crippen LogP contribution in [0.15, 0.2) is 55.0 Å². The Kier molecular flexibility index (Phi) is 5.76. The van der Waals surface area contributed by atoms with Gasteiger partial charge in [0, 0.05) is 47.5 Å². The molecule has 0 radical (unpaired) electrons. The maximum absolute atomic E-state index is 6.28. The van der Waals surface area contributed by atoms with Crippen molar-refractivity contribution in [3.8, 4) is 28.3 Å². The SMILES string of the molecule is c1cc(N2CCCCC2)c2cc(-c3n[nH]c4ccc(-c5cncc(OC6CCCCC6)c5)cc34)[nH]c2n1. The van der Waals surface area contributed by atoms with Crippen LogP contribution in [0.25, 0.3) is 44.5 Å². The van der Waals surface area contributed by atoms with Gasteiger partial charge in [-0.15, -0.1) is 0 Å². The van der Waals surface area contributed by atoms with Gasteiger partial charge in [-0.3, -0.25) is 10.1 Å². The van der Waals surface area contributed by atoms with Gasteiger partial charge < -0.3 is 14.6 Å². The van der Waals surface area contributed by atoms with Crippen LogP contribution in [-0.4, -0.2) is 44.3 Å². The lowest BCUT2D eigenvalue weighted by molar-refractivity contribution is 0.154. The number of aromatic amines is 2. The number of hydrogen-bond acceptors (Lipinski definition) is 5. The first-order valence-electron chi connectivity index (χ1n) is 13.6. The number of ether oxygens (including phenoxy) is 1. The first-order valence-corrected chi connectivity index (χ1v) is 13.6. The van der Waals surface area contributed by atoms with Crippen LogP contribution in [0, 0.1) is 0 Å². The summed E-state index contributed by atoms with van der Waals surface area (Å²) in [5.74, 6) is 0.851. The number of pyridine rings is 2. The number of anilines is 1. The Hall–Kier alpha value is -3.87. The summed E-state index contributed by atoms with van der Waals surface area (Å²) in [6, 6.07) is 12.9. The molecule has 5 aromatic rings. The third-order valence-corrected chi connectivity index (χ3v) is 7.93. The number of fused-ring (bicyclic) bond motifs is 2. The summed E-state index contributed by atoms with van der Waals surface area (Å²) in [6.07, 6.45) is 15.8. The summed E-state index contributed by atoms with van der Waals surface area (Å²) in [5, 5.41) is 10.1. The van der Waals surface area contributed by atoms with Gasteiger partial charge in [-0.05, 0) is 80.8 Å². The molecule has 7 heteroatoms. The third kappa shape index (κ3) is 4.32. The molecule has 7 rings (SSSR count). The van der Waals surface area contributed by atoms with E-state index in [9.17, 15) is 0 Å². The first-order chi connectivity index (χ1) is 18.3. The molecule has 1 aliphatic heterocycles. The van der Waals surface area contributed by atoms with Crippen molar-refractivity contribution in [1.29, 1.82) is 0 Å². The van der Waals surface area contributed by atoms with Gasteiger partial charge in [0.1, 0.15) is 17.1 Å². The fourth-order valence-electron chi connectivity index (χ4n) is 5.97. The van der Waals surface area contributed by atoms with Crippen LogP contribution in [0.2, 0.25) is 0 Å². The summed E-state index contributed by atoms with van der Waals surface area (Å²) in [7, 11) is 0. The molecular weight excluding hydrogens is 460 g/mol. The van der Waals surface area contributed by atoms with E-state index in [1.54, 1.807) is 0 Å². The topological polar surface area (TPSA) is 82.7 Å². The molecule has 0 atom stereocenters. The summed E-state index contributed by atoms with van der Waals surface area (Å²) >= 11 is 0. The smallest absolute Gasteiger partial charge is 0.139 e. The molecule has 1 saturated carbocycles. The highest BCUT2D eigenvalue weighted by Crippen LogP contribution is 2.35. The quantitative estimate of drug-likeness (QED) is 0.280. The van der Waals surface area contributed by atoms with Crippen molar-refractivity contribution in [3.63, 3.8) is 0 Å². The van der Waals surface area contributed by atoms with Crippen LogP contribution in [0.1, 0.15) is 51.4 Å². The number of benzene rings is 1. The minimum absolute atomic E-state index is 0.305. The van der Waals surface area contributed by atoms with Crippen molar-refractivity contribution in [3.05, 3.63) is 55.0 Å². The van der Waals surface area contributed by atoms with E-state index >= 15 is 0 Å². The third-order valence-electron chi connectivity index (χ3n) is 7.93. The molecular formula is C30H32N6O. The second kappa shape index (κ2) is 9.54. The average molecular weight is 493 g/mol. The zero-order valence-corrected chi connectivity index (χ0v) is 21.0. The van der Waals surface area contributed by atoms with E-state index in [2.05, 4.69) is 61.3 Å². The Bertz CT molecular complexity index is 1540. The maximum Gasteiger partial charge on any atom is 0.139 e. The highest BCUT2D eigenvalue weighted by Gasteiger charge is 2.19. The molecule has 1 saturated heterocycles. The van der Waals surface area contributed by atoms with Gasteiger partial charge >= 0.3 is 0 Å². The van der Waals surface area contributed by atoms with Crippen LogP contribution in [-0.2, 0) is 0 Å². The number of H-pyrrole nitrogens is 2. The summed E-state index contributed by atoms with van der Waals surface area (Å²) < 4.78 is 6.28. The van der Waals surface area contributed by atoms with Gasteiger partial charge in [0.05, 0.1) is 23.5 Å². The Morgan fingerprint density at radius 3 is 2.59 bits per heavy atom. The molecule has 1 aromatic carbocycles. The molecule has 2 aliphatic rings. The van der Waals surface area contributed by atoms with Crippen molar-refractivity contribution >= 4 is 27.6 Å². The number of aromatic nitrogens is 5. The molecule has 0 unspecified atom stereocenters. The van der Waals surface area contributed by atoms with E-state index in [0.29, 0.717) is 6.10 Å². The molecule has 0 amide bonds. The lowest BCUT2D eigenvalue weighted by Gasteiger charge is -2.29. The zero-order chi connectivity index (χ0) is 24.6. The zero-order valence-electron chi connectivity index (χ0n) is 21.0. The standard InChI is InChI=1S/C30H32N6O/c1-3-7-22(8-4-1)37-23-15-21(18-31-19-23)20-9-10-26-24(16-20)29(35-34-26)27-17-25-28(11-12-32-30(25)33-27)36-13-5-2-6-14-36/h9-12,15-19,22H,1-8,13-14H2,(H,32,33)(H,34,35). The van der Waals surface area contributed by atoms with Crippen LogP contribution in [0.5, 0.6) is 5.75 Å². The van der Waals surface area contributed by atoms with Crippen molar-refractivity contribution in [1.82, 2.24) is 25.1 Å². The second-order valence-corrected chi connectivity index (χ2v) is 10.4. The molecule has 0 spiro atoms. The summed E-state index contributed by atoms with van der Waals surface area (Å²) in [6.45, 7) is 2.21. The maximum atomic E-state index is 6.28. The van der Waals surface area contributed by atoms with Crippen LogP contribution in [0.4, 0.5) is 5.69 Å². The minimum atomic E-state index is 0.305. The fraction of sp³-hybridized carbons (Fsp3) is 0.367. The van der Waals surface area contributed by atoms with Crippen LogP contribution < -0.4 is 9.64 Å². The van der Waals surface area contributed by atoms with E-state index in [-0.39, 0.29) is 0 Å². The van der Waals surface area contributed by atoms with Gasteiger partial charge in [-0.1, -0.05) is 12.5 Å². The number of rotatable bonds is 5. The van der Waals surface area contributed by atoms with Crippen molar-refractivity contribution in [2.45, 2.75) is 57.5 Å². The Labute approximate surface area is 216 Å². The van der Waals surface area contributed by atoms with E-state index in [0.717, 1.165) is 76.1 Å². The highest BCUT2D eigenvalue weighted by molar-refractivity contribution is 5.99. The molecule has 2 fully saturated rings. The molecule has 4 aromatic heterocycles. The van der Waals surface area contributed by atoms with E-state index in [4.69, 9.17) is 9.84 Å². The van der Waals surface area contributed by atoms with Crippen LogP contribution in [0.3, 0.4) is 0 Å². The molecule has 1 aliphatic carbocycles. The van der Waals surface area contributed by atoms with E-state index in [1.165, 1.54) is 44.2 Å².